The number of carbonyl (C=O) groups excluding carboxylic acids is 2. The lowest BCUT2D eigenvalue weighted by molar-refractivity contribution is 0.0945. The van der Waals surface area contributed by atoms with Gasteiger partial charge in [0.15, 0.2) is 0 Å². The minimum atomic E-state index is -0.344. The molecule has 1 fully saturated rings. The number of likely N-dealkylation sites (N-methyl/N-ethyl adjacent to an activating group) is 1. The van der Waals surface area contributed by atoms with Crippen LogP contribution in [-0.4, -0.2) is 71.1 Å². The Hall–Kier alpha value is -5.34. The number of carbonyl (C=O) groups is 2. The highest BCUT2D eigenvalue weighted by Crippen LogP contribution is 2.28. The Morgan fingerprint density at radius 1 is 0.977 bits per heavy atom. The van der Waals surface area contributed by atoms with Gasteiger partial charge in [-0.05, 0) is 55.6 Å². The van der Waals surface area contributed by atoms with Gasteiger partial charge in [0.1, 0.15) is 5.69 Å². The molecular weight excluding hydrogens is 542 g/mol. The molecule has 0 aliphatic carbocycles. The van der Waals surface area contributed by atoms with Crippen LogP contribution in [0.25, 0.3) is 11.4 Å². The minimum Gasteiger partial charge on any atom is -0.369 e. The molecule has 6 rings (SSSR count). The van der Waals surface area contributed by atoms with E-state index in [2.05, 4.69) is 54.6 Å². The van der Waals surface area contributed by atoms with Crippen LogP contribution < -0.4 is 26.6 Å². The summed E-state index contributed by atoms with van der Waals surface area (Å²) in [4.78, 5) is 38.4. The van der Waals surface area contributed by atoms with Crippen LogP contribution in [0.1, 0.15) is 27.2 Å². The van der Waals surface area contributed by atoms with E-state index in [1.54, 1.807) is 18.3 Å². The highest BCUT2D eigenvalue weighted by Gasteiger charge is 2.24. The Morgan fingerprint density at radius 2 is 1.74 bits per heavy atom. The fourth-order valence-electron chi connectivity index (χ4n) is 5.37. The van der Waals surface area contributed by atoms with E-state index in [-0.39, 0.29) is 17.9 Å². The molecule has 11 heteroatoms. The van der Waals surface area contributed by atoms with Crippen molar-refractivity contribution in [2.45, 2.75) is 6.42 Å². The first-order valence-corrected chi connectivity index (χ1v) is 14.2. The molecule has 0 saturated carbocycles. The molecule has 0 spiro atoms. The summed E-state index contributed by atoms with van der Waals surface area (Å²) in [5, 5.41) is 8.65. The first-order valence-electron chi connectivity index (χ1n) is 14.2. The second-order valence-electron chi connectivity index (χ2n) is 10.7. The summed E-state index contributed by atoms with van der Waals surface area (Å²) in [6.45, 7) is 4.64. The summed E-state index contributed by atoms with van der Waals surface area (Å²) in [7, 11) is 4.04. The van der Waals surface area contributed by atoms with Crippen LogP contribution in [0.4, 0.5) is 27.8 Å². The van der Waals surface area contributed by atoms with Crippen LogP contribution in [0, 0.1) is 11.8 Å². The van der Waals surface area contributed by atoms with Gasteiger partial charge in [0.05, 0.1) is 16.8 Å². The number of urea groups is 1. The van der Waals surface area contributed by atoms with E-state index >= 15 is 0 Å². The third-order valence-corrected chi connectivity index (χ3v) is 7.76. The number of fused-ring (bicyclic) bond motifs is 1. The van der Waals surface area contributed by atoms with Gasteiger partial charge in [0, 0.05) is 80.7 Å². The van der Waals surface area contributed by atoms with Crippen molar-refractivity contribution in [1.82, 2.24) is 24.8 Å². The predicted molar refractivity (Wildman–Crippen MR) is 168 cm³/mol. The molecule has 0 atom stereocenters. The Kier molecular flexibility index (Phi) is 7.68. The lowest BCUT2D eigenvalue weighted by atomic mass is 10.1. The molecule has 0 radical (unpaired) electrons. The van der Waals surface area contributed by atoms with Gasteiger partial charge in [-0.3, -0.25) is 4.79 Å². The summed E-state index contributed by atoms with van der Waals surface area (Å²) in [5.41, 5.74) is 12.5. The molecule has 3 amide bonds. The summed E-state index contributed by atoms with van der Waals surface area (Å²) < 4.78 is 1.96. The number of aromatic nitrogens is 3. The average molecular weight is 576 g/mol. The molecule has 218 valence electrons. The number of anilines is 4. The van der Waals surface area contributed by atoms with Crippen LogP contribution in [0.15, 0.2) is 60.8 Å². The fourth-order valence-corrected chi connectivity index (χ4v) is 5.37. The summed E-state index contributed by atoms with van der Waals surface area (Å²) in [5.74, 6) is 6.31. The maximum Gasteiger partial charge on any atom is 0.323 e. The topological polar surface area (TPSA) is 133 Å². The number of nitrogen functional groups attached to an aromatic ring is 1. The monoisotopic (exact) mass is 575 g/mol. The fraction of sp³-hybridized carbons (Fsp3) is 0.250. The average Bonchev–Trinajstić information content (AvgIpc) is 3.35. The van der Waals surface area contributed by atoms with Crippen LogP contribution in [0.5, 0.6) is 0 Å². The third kappa shape index (κ3) is 6.14. The predicted octanol–water partition coefficient (Wildman–Crippen LogP) is 3.15. The number of amides is 3. The normalized spacial score (nSPS) is 14.7. The molecule has 5 N–H and O–H groups in total. The van der Waals surface area contributed by atoms with Crippen molar-refractivity contribution in [3.05, 3.63) is 83.2 Å². The van der Waals surface area contributed by atoms with Gasteiger partial charge < -0.3 is 36.1 Å². The maximum atomic E-state index is 12.7. The molecule has 2 aromatic heterocycles. The first kappa shape index (κ1) is 27.8. The van der Waals surface area contributed by atoms with Gasteiger partial charge in [-0.1, -0.05) is 17.9 Å². The maximum absolute atomic E-state index is 12.7. The molecular formula is C32H33N9O2. The molecule has 0 bridgehead atoms. The summed E-state index contributed by atoms with van der Waals surface area (Å²) in [6.07, 6.45) is 2.32. The van der Waals surface area contributed by atoms with Gasteiger partial charge in [-0.15, -0.1) is 0 Å². The van der Waals surface area contributed by atoms with Gasteiger partial charge in [0.25, 0.3) is 5.91 Å². The third-order valence-electron chi connectivity index (χ3n) is 7.76. The lowest BCUT2D eigenvalue weighted by Crippen LogP contribution is -2.44. The highest BCUT2D eigenvalue weighted by molar-refractivity contribution is 6.00. The summed E-state index contributed by atoms with van der Waals surface area (Å²) in [6, 6.07) is 16.7. The second-order valence-corrected chi connectivity index (χ2v) is 10.7. The number of piperazine rings is 1. The zero-order valence-electron chi connectivity index (χ0n) is 24.1. The molecule has 4 aromatic rings. The molecule has 2 aliphatic rings. The van der Waals surface area contributed by atoms with Gasteiger partial charge in [-0.25, -0.2) is 14.8 Å². The largest absolute Gasteiger partial charge is 0.369 e. The van der Waals surface area contributed by atoms with Crippen molar-refractivity contribution >= 4 is 34.9 Å². The van der Waals surface area contributed by atoms with Crippen LogP contribution in [-0.2, 0) is 13.5 Å². The van der Waals surface area contributed by atoms with Gasteiger partial charge >= 0.3 is 6.03 Å². The molecule has 43 heavy (non-hydrogen) atoms. The standard InChI is InChI=1S/C32H33N9O2/c1-39-14-16-41(17-15-39)25-10-8-23(9-11-25)36-32(43)37-24-5-3-4-21(18-24)6-7-22-20-35-31(33)38-29(22)28-19-26-27(40(28)2)12-13-34-30(26)42/h3-5,8-11,18-20H,12-17H2,1-2H3,(H,34,42)(H2,33,35,38)(H2,36,37,43). The lowest BCUT2D eigenvalue weighted by Gasteiger charge is -2.34. The SMILES string of the molecule is CN1CCN(c2ccc(NC(=O)Nc3cccc(C#Cc4cnc(N)nc4-c4cc5c(n4C)CCNC5=O)c3)cc2)CC1. The Bertz CT molecular complexity index is 1740. The zero-order chi connectivity index (χ0) is 29.9. The first-order chi connectivity index (χ1) is 20.8. The van der Waals surface area contributed by atoms with E-state index < -0.39 is 0 Å². The van der Waals surface area contributed by atoms with Crippen LogP contribution in [0.2, 0.25) is 0 Å². The van der Waals surface area contributed by atoms with Crippen LogP contribution >= 0.6 is 0 Å². The van der Waals surface area contributed by atoms with Crippen molar-refractivity contribution in [2.24, 2.45) is 7.05 Å². The number of nitrogens with two attached hydrogens (primary N) is 1. The van der Waals surface area contributed by atoms with Gasteiger partial charge in [0.2, 0.25) is 5.95 Å². The van der Waals surface area contributed by atoms with Crippen molar-refractivity contribution in [1.29, 1.82) is 0 Å². The minimum absolute atomic E-state index is 0.103. The van der Waals surface area contributed by atoms with E-state index in [1.807, 2.05) is 54.1 Å². The van der Waals surface area contributed by atoms with Crippen molar-refractivity contribution in [3.63, 3.8) is 0 Å². The van der Waals surface area contributed by atoms with E-state index in [9.17, 15) is 9.59 Å². The van der Waals surface area contributed by atoms with E-state index in [0.29, 0.717) is 40.3 Å². The molecule has 4 heterocycles. The number of hydrogen-bond donors (Lipinski definition) is 4. The number of hydrogen-bond acceptors (Lipinski definition) is 7. The highest BCUT2D eigenvalue weighted by atomic mass is 16.2. The van der Waals surface area contributed by atoms with E-state index in [0.717, 1.165) is 49.7 Å². The van der Waals surface area contributed by atoms with Crippen molar-refractivity contribution in [3.8, 4) is 23.2 Å². The van der Waals surface area contributed by atoms with Gasteiger partial charge in [-0.2, -0.15) is 0 Å². The molecule has 2 aliphatic heterocycles. The Labute approximate surface area is 250 Å². The van der Waals surface area contributed by atoms with Crippen molar-refractivity contribution in [2.75, 3.05) is 61.0 Å². The van der Waals surface area contributed by atoms with E-state index in [1.165, 1.54) is 0 Å². The Morgan fingerprint density at radius 3 is 2.51 bits per heavy atom. The molecule has 0 unspecified atom stereocenters. The quantitative estimate of drug-likeness (QED) is 0.275. The second kappa shape index (κ2) is 11.9. The number of nitrogens with zero attached hydrogens (tertiary/aromatic N) is 5. The smallest absolute Gasteiger partial charge is 0.323 e. The van der Waals surface area contributed by atoms with Crippen molar-refractivity contribution < 1.29 is 9.59 Å². The zero-order valence-corrected chi connectivity index (χ0v) is 24.1. The summed E-state index contributed by atoms with van der Waals surface area (Å²) >= 11 is 0. The number of nitrogens with one attached hydrogen (secondary N) is 3. The molecule has 1 saturated heterocycles. The molecule has 11 nitrogen and oxygen atoms in total. The van der Waals surface area contributed by atoms with Crippen LogP contribution in [0.3, 0.4) is 0 Å². The Balaban J connectivity index is 1.15. The molecule has 2 aromatic carbocycles. The van der Waals surface area contributed by atoms with E-state index in [4.69, 9.17) is 5.73 Å². The number of benzene rings is 2. The number of rotatable bonds is 4.